The number of carboxylic acids is 1. The summed E-state index contributed by atoms with van der Waals surface area (Å²) < 4.78 is 0.872. The maximum Gasteiger partial charge on any atom is 0.339 e. The zero-order valence-corrected chi connectivity index (χ0v) is 27.5. The summed E-state index contributed by atoms with van der Waals surface area (Å²) in [5.41, 5.74) is 2.23. The Morgan fingerprint density at radius 3 is 2.00 bits per heavy atom. The van der Waals surface area contributed by atoms with Crippen LogP contribution in [0.3, 0.4) is 0 Å². The van der Waals surface area contributed by atoms with Gasteiger partial charge in [-0.15, -0.1) is 11.8 Å². The highest BCUT2D eigenvalue weighted by Crippen LogP contribution is 2.37. The number of anilines is 2. The molecular formula is C37H28BrN3O6S. The first-order valence-corrected chi connectivity index (χ1v) is 16.2. The van der Waals surface area contributed by atoms with E-state index in [0.717, 1.165) is 9.37 Å². The number of hydrogen-bond acceptors (Lipinski definition) is 6. The molecule has 0 aliphatic heterocycles. The van der Waals surface area contributed by atoms with Gasteiger partial charge in [0, 0.05) is 26.3 Å². The molecule has 48 heavy (non-hydrogen) atoms. The number of halogens is 1. The molecule has 5 aromatic carbocycles. The Labute approximate surface area is 288 Å². The van der Waals surface area contributed by atoms with Crippen molar-refractivity contribution in [2.45, 2.75) is 10.1 Å². The second-order valence-electron chi connectivity index (χ2n) is 10.3. The number of thioether (sulfide) groups is 1. The molecule has 11 heteroatoms. The third-order valence-corrected chi connectivity index (χ3v) is 8.71. The van der Waals surface area contributed by atoms with Crippen molar-refractivity contribution in [3.8, 4) is 5.75 Å². The second-order valence-corrected chi connectivity index (χ2v) is 12.4. The normalized spacial score (nSPS) is 11.6. The van der Waals surface area contributed by atoms with E-state index in [4.69, 9.17) is 0 Å². The van der Waals surface area contributed by atoms with Crippen molar-refractivity contribution in [1.29, 1.82) is 0 Å². The summed E-state index contributed by atoms with van der Waals surface area (Å²) in [6.07, 6.45) is 1.59. The van der Waals surface area contributed by atoms with Crippen molar-refractivity contribution in [2.24, 2.45) is 0 Å². The maximum atomic E-state index is 13.5. The number of benzene rings is 5. The van der Waals surface area contributed by atoms with Gasteiger partial charge in [0.2, 0.25) is 5.91 Å². The van der Waals surface area contributed by atoms with Crippen LogP contribution in [-0.4, -0.2) is 33.9 Å². The highest BCUT2D eigenvalue weighted by atomic mass is 79.9. The van der Waals surface area contributed by atoms with Crippen LogP contribution in [0.4, 0.5) is 11.4 Å². The highest BCUT2D eigenvalue weighted by molar-refractivity contribution is 9.10. The number of amides is 3. The number of rotatable bonds is 11. The van der Waals surface area contributed by atoms with Crippen LogP contribution in [0.15, 0.2) is 142 Å². The van der Waals surface area contributed by atoms with Crippen molar-refractivity contribution in [2.75, 3.05) is 10.6 Å². The molecule has 0 aromatic heterocycles. The van der Waals surface area contributed by atoms with E-state index in [9.17, 15) is 29.4 Å². The Morgan fingerprint density at radius 1 is 0.729 bits per heavy atom. The molecule has 3 amide bonds. The molecule has 5 N–H and O–H groups in total. The lowest BCUT2D eigenvalue weighted by Crippen LogP contribution is -2.30. The maximum absolute atomic E-state index is 13.5. The lowest BCUT2D eigenvalue weighted by atomic mass is 10.1. The number of phenols is 1. The predicted octanol–water partition coefficient (Wildman–Crippen LogP) is 7.73. The number of aromatic hydroxyl groups is 1. The van der Waals surface area contributed by atoms with Gasteiger partial charge in [-0.2, -0.15) is 0 Å². The summed E-state index contributed by atoms with van der Waals surface area (Å²) in [6, 6.07) is 35.7. The quantitative estimate of drug-likeness (QED) is 0.0533. The third-order valence-electron chi connectivity index (χ3n) is 6.91. The van der Waals surface area contributed by atoms with E-state index in [0.29, 0.717) is 22.4 Å². The van der Waals surface area contributed by atoms with Crippen LogP contribution >= 0.6 is 27.7 Å². The van der Waals surface area contributed by atoms with Gasteiger partial charge in [-0.3, -0.25) is 14.4 Å². The van der Waals surface area contributed by atoms with E-state index in [2.05, 4.69) is 31.9 Å². The minimum Gasteiger partial charge on any atom is -0.507 e. The summed E-state index contributed by atoms with van der Waals surface area (Å²) in [5.74, 6) is -3.09. The van der Waals surface area contributed by atoms with Crippen LogP contribution < -0.4 is 16.0 Å². The molecule has 5 rings (SSSR count). The third kappa shape index (κ3) is 8.99. The fourth-order valence-electron chi connectivity index (χ4n) is 4.51. The molecule has 9 nitrogen and oxygen atoms in total. The zero-order chi connectivity index (χ0) is 34.0. The fraction of sp³-hybridized carbons (Fsp3) is 0.0270. The number of nitrogens with one attached hydrogen (secondary N) is 3. The largest absolute Gasteiger partial charge is 0.507 e. The number of hydrogen-bond donors (Lipinski definition) is 5. The fourth-order valence-corrected chi connectivity index (χ4v) is 5.80. The first-order valence-electron chi connectivity index (χ1n) is 14.5. The van der Waals surface area contributed by atoms with E-state index in [1.807, 2.05) is 54.6 Å². The predicted molar refractivity (Wildman–Crippen MR) is 190 cm³/mol. The average Bonchev–Trinajstić information content (AvgIpc) is 3.10. The monoisotopic (exact) mass is 721 g/mol. The molecule has 1 unspecified atom stereocenters. The van der Waals surface area contributed by atoms with Crippen LogP contribution in [0.1, 0.15) is 37.1 Å². The first-order chi connectivity index (χ1) is 23.2. The van der Waals surface area contributed by atoms with E-state index < -0.39 is 34.7 Å². The summed E-state index contributed by atoms with van der Waals surface area (Å²) >= 11 is 4.66. The van der Waals surface area contributed by atoms with Crippen molar-refractivity contribution in [3.63, 3.8) is 0 Å². The van der Waals surface area contributed by atoms with Gasteiger partial charge in [0.15, 0.2) is 0 Å². The van der Waals surface area contributed by atoms with Crippen molar-refractivity contribution in [3.05, 3.63) is 160 Å². The van der Waals surface area contributed by atoms with Crippen LogP contribution in [0.25, 0.3) is 6.08 Å². The molecule has 5 aromatic rings. The van der Waals surface area contributed by atoms with Gasteiger partial charge in [0.05, 0.1) is 0 Å². The Bertz CT molecular complexity index is 1970. The summed E-state index contributed by atoms with van der Waals surface area (Å²) in [4.78, 5) is 52.0. The smallest absolute Gasteiger partial charge is 0.339 e. The molecule has 0 saturated heterocycles. The minimum atomic E-state index is -1.32. The average molecular weight is 723 g/mol. The van der Waals surface area contributed by atoms with Gasteiger partial charge in [0.1, 0.15) is 22.3 Å². The molecule has 240 valence electrons. The first kappa shape index (κ1) is 33.7. The van der Waals surface area contributed by atoms with Gasteiger partial charge < -0.3 is 26.2 Å². The Kier molecular flexibility index (Phi) is 11.1. The van der Waals surface area contributed by atoms with Gasteiger partial charge in [-0.25, -0.2) is 4.79 Å². The minimum absolute atomic E-state index is 0.0470. The Morgan fingerprint density at radius 2 is 1.35 bits per heavy atom. The molecule has 0 aliphatic carbocycles. The van der Waals surface area contributed by atoms with E-state index in [1.165, 1.54) is 30.0 Å². The summed E-state index contributed by atoms with van der Waals surface area (Å²) in [5, 5.41) is 26.8. The lowest BCUT2D eigenvalue weighted by Gasteiger charge is -2.18. The standard InChI is InChI=1S/C37H28BrN3O6S/c38-26-13-11-23(12-14-26)21-31(41-34(43)25-9-5-2-6-10-25)35(44)39-27-15-18-29(19-16-27)48-33(24-7-3-1-4-8-24)36(45)40-28-17-20-32(42)30(22-28)37(46)47/h1-22,33,42H,(H,39,44)(H,40,45)(H,41,43)(H,46,47)/b31-21-. The lowest BCUT2D eigenvalue weighted by molar-refractivity contribution is -0.116. The van der Waals surface area contributed by atoms with Crippen molar-refractivity contribution < 1.29 is 29.4 Å². The number of carbonyl (C=O) groups is 4. The van der Waals surface area contributed by atoms with E-state index >= 15 is 0 Å². The van der Waals surface area contributed by atoms with Crippen molar-refractivity contribution in [1.82, 2.24) is 5.32 Å². The summed E-state index contributed by atoms with van der Waals surface area (Å²) in [7, 11) is 0. The van der Waals surface area contributed by atoms with Gasteiger partial charge in [-0.05, 0) is 83.9 Å². The van der Waals surface area contributed by atoms with E-state index in [1.54, 1.807) is 60.7 Å². The molecule has 0 bridgehead atoms. The summed E-state index contributed by atoms with van der Waals surface area (Å²) in [6.45, 7) is 0. The molecule has 0 saturated carbocycles. The molecule has 0 aliphatic rings. The Hall–Kier alpha value is -5.65. The topological polar surface area (TPSA) is 145 Å². The van der Waals surface area contributed by atoms with Gasteiger partial charge in [0.25, 0.3) is 11.8 Å². The van der Waals surface area contributed by atoms with Crippen LogP contribution in [-0.2, 0) is 9.59 Å². The molecule has 0 fully saturated rings. The number of carboxylic acid groups (broad SMARTS) is 1. The second kappa shape index (κ2) is 15.8. The molecule has 1 atom stereocenters. The molecular weight excluding hydrogens is 694 g/mol. The van der Waals surface area contributed by atoms with Crippen molar-refractivity contribution >= 4 is 68.8 Å². The Balaban J connectivity index is 1.33. The highest BCUT2D eigenvalue weighted by Gasteiger charge is 2.23. The van der Waals surface area contributed by atoms with Crippen LogP contribution in [0.5, 0.6) is 5.75 Å². The molecule has 0 heterocycles. The van der Waals surface area contributed by atoms with Gasteiger partial charge >= 0.3 is 5.97 Å². The van der Waals surface area contributed by atoms with Crippen LogP contribution in [0, 0.1) is 0 Å². The molecule has 0 spiro atoms. The van der Waals surface area contributed by atoms with E-state index in [-0.39, 0.29) is 16.9 Å². The zero-order valence-electron chi connectivity index (χ0n) is 25.1. The number of aromatic carboxylic acids is 1. The van der Waals surface area contributed by atoms with Crippen LogP contribution in [0.2, 0.25) is 0 Å². The number of carbonyl (C=O) groups excluding carboxylic acids is 3. The molecule has 0 radical (unpaired) electrons. The SMILES string of the molecule is O=C(Nc1ccc(SC(C(=O)Nc2ccc(O)c(C(=O)O)c2)c2ccccc2)cc1)/C(=C/c1ccc(Br)cc1)NC(=O)c1ccccc1. The van der Waals surface area contributed by atoms with Gasteiger partial charge in [-0.1, -0.05) is 76.6 Å².